The highest BCUT2D eigenvalue weighted by Gasteiger charge is 2.30. The van der Waals surface area contributed by atoms with Crippen LogP contribution in [0.1, 0.15) is 30.9 Å². The number of likely N-dealkylation sites (tertiary alicyclic amines) is 1. The summed E-state index contributed by atoms with van der Waals surface area (Å²) in [5.74, 6) is 0.107. The standard InChI is InChI=1S/C15H23N3O/c1-16-17(2)15(19)14(13-9-5-3-6-10-13)18-11-7-4-8-12-18/h3,5-6,9-10,14,16H,4,7-8,11-12H2,1-2H3/t14-/m1/s1. The molecule has 1 atom stereocenters. The highest BCUT2D eigenvalue weighted by molar-refractivity contribution is 5.82. The first-order valence-corrected chi connectivity index (χ1v) is 6.98. The maximum absolute atomic E-state index is 12.6. The van der Waals surface area contributed by atoms with Gasteiger partial charge in [0.1, 0.15) is 6.04 Å². The van der Waals surface area contributed by atoms with Crippen LogP contribution >= 0.6 is 0 Å². The molecule has 0 radical (unpaired) electrons. The van der Waals surface area contributed by atoms with Gasteiger partial charge in [0.25, 0.3) is 5.91 Å². The first-order valence-electron chi connectivity index (χ1n) is 6.98. The summed E-state index contributed by atoms with van der Waals surface area (Å²) in [7, 11) is 3.55. The Hall–Kier alpha value is -1.39. The van der Waals surface area contributed by atoms with E-state index in [0.717, 1.165) is 18.7 Å². The van der Waals surface area contributed by atoms with E-state index >= 15 is 0 Å². The molecule has 1 fully saturated rings. The second-order valence-corrected chi connectivity index (χ2v) is 5.03. The van der Waals surface area contributed by atoms with Crippen molar-refractivity contribution >= 4 is 5.91 Å². The summed E-state index contributed by atoms with van der Waals surface area (Å²) in [4.78, 5) is 14.9. The second-order valence-electron chi connectivity index (χ2n) is 5.03. The van der Waals surface area contributed by atoms with Gasteiger partial charge in [-0.05, 0) is 31.5 Å². The van der Waals surface area contributed by atoms with Gasteiger partial charge in [-0.3, -0.25) is 14.7 Å². The van der Waals surface area contributed by atoms with Crippen molar-refractivity contribution in [1.29, 1.82) is 0 Å². The molecule has 1 aliphatic rings. The predicted octanol–water partition coefficient (Wildman–Crippen LogP) is 1.81. The smallest absolute Gasteiger partial charge is 0.258 e. The van der Waals surface area contributed by atoms with Gasteiger partial charge >= 0.3 is 0 Å². The van der Waals surface area contributed by atoms with Crippen LogP contribution < -0.4 is 5.43 Å². The van der Waals surface area contributed by atoms with Gasteiger partial charge in [0.15, 0.2) is 0 Å². The van der Waals surface area contributed by atoms with E-state index in [1.165, 1.54) is 19.3 Å². The van der Waals surface area contributed by atoms with Crippen LogP contribution in [0.3, 0.4) is 0 Å². The van der Waals surface area contributed by atoms with E-state index < -0.39 is 0 Å². The normalized spacial score (nSPS) is 18.0. The number of piperidine rings is 1. The number of carbonyl (C=O) groups excluding carboxylic acids is 1. The topological polar surface area (TPSA) is 35.6 Å². The van der Waals surface area contributed by atoms with Gasteiger partial charge in [-0.1, -0.05) is 36.8 Å². The lowest BCUT2D eigenvalue weighted by Crippen LogP contribution is -2.47. The number of carbonyl (C=O) groups is 1. The van der Waals surface area contributed by atoms with Crippen molar-refractivity contribution in [2.75, 3.05) is 27.2 Å². The largest absolute Gasteiger partial charge is 0.288 e. The van der Waals surface area contributed by atoms with Crippen molar-refractivity contribution in [3.63, 3.8) is 0 Å². The van der Waals surface area contributed by atoms with Gasteiger partial charge in [0.2, 0.25) is 0 Å². The summed E-state index contributed by atoms with van der Waals surface area (Å²) in [6, 6.07) is 9.90. The third-order valence-corrected chi connectivity index (χ3v) is 3.77. The Labute approximate surface area is 115 Å². The van der Waals surface area contributed by atoms with Crippen molar-refractivity contribution in [3.8, 4) is 0 Å². The quantitative estimate of drug-likeness (QED) is 0.840. The number of nitrogens with one attached hydrogen (secondary N) is 1. The molecule has 1 saturated heterocycles. The summed E-state index contributed by atoms with van der Waals surface area (Å²) in [5, 5.41) is 1.58. The lowest BCUT2D eigenvalue weighted by atomic mass is 10.0. The van der Waals surface area contributed by atoms with Crippen molar-refractivity contribution in [2.24, 2.45) is 0 Å². The molecule has 0 saturated carbocycles. The van der Waals surface area contributed by atoms with Gasteiger partial charge < -0.3 is 0 Å². The van der Waals surface area contributed by atoms with Crippen LogP contribution in [0.2, 0.25) is 0 Å². The third kappa shape index (κ3) is 3.33. The van der Waals surface area contributed by atoms with Gasteiger partial charge in [0.05, 0.1) is 0 Å². The fourth-order valence-electron chi connectivity index (χ4n) is 2.62. The van der Waals surface area contributed by atoms with Crippen LogP contribution in [0.25, 0.3) is 0 Å². The monoisotopic (exact) mass is 261 g/mol. The highest BCUT2D eigenvalue weighted by Crippen LogP contribution is 2.25. The first kappa shape index (κ1) is 14.0. The Morgan fingerprint density at radius 1 is 1.21 bits per heavy atom. The van der Waals surface area contributed by atoms with Crippen LogP contribution in [-0.2, 0) is 4.79 Å². The third-order valence-electron chi connectivity index (χ3n) is 3.77. The van der Waals surface area contributed by atoms with Crippen molar-refractivity contribution in [1.82, 2.24) is 15.3 Å². The molecule has 1 heterocycles. The lowest BCUT2D eigenvalue weighted by molar-refractivity contribution is -0.139. The number of benzene rings is 1. The Bertz CT molecular complexity index is 401. The number of hydrazine groups is 1. The number of hydrogen-bond donors (Lipinski definition) is 1. The van der Waals surface area contributed by atoms with Crippen molar-refractivity contribution < 1.29 is 4.79 Å². The van der Waals surface area contributed by atoms with E-state index in [9.17, 15) is 4.79 Å². The van der Waals surface area contributed by atoms with Crippen LogP contribution in [0.15, 0.2) is 30.3 Å². The van der Waals surface area contributed by atoms with Crippen LogP contribution in [0.5, 0.6) is 0 Å². The zero-order valence-electron chi connectivity index (χ0n) is 11.8. The Kier molecular flexibility index (Phi) is 4.93. The summed E-state index contributed by atoms with van der Waals surface area (Å²) in [5.41, 5.74) is 3.99. The maximum atomic E-state index is 12.6. The van der Waals surface area contributed by atoms with Crippen LogP contribution in [0, 0.1) is 0 Å². The number of likely N-dealkylation sites (N-methyl/N-ethyl adjacent to an activating group) is 1. The van der Waals surface area contributed by atoms with Gasteiger partial charge in [-0.25, -0.2) is 5.43 Å². The molecule has 1 amide bonds. The van der Waals surface area contributed by atoms with E-state index in [1.54, 1.807) is 19.1 Å². The minimum Gasteiger partial charge on any atom is -0.288 e. The minimum atomic E-state index is -0.168. The summed E-state index contributed by atoms with van der Waals surface area (Å²) in [6.07, 6.45) is 3.63. The molecule has 1 N–H and O–H groups in total. The SMILES string of the molecule is CNN(C)C(=O)[C@@H](c1ccccc1)N1CCCCC1. The molecule has 0 unspecified atom stereocenters. The number of amides is 1. The molecule has 4 nitrogen and oxygen atoms in total. The van der Waals surface area contributed by atoms with E-state index in [1.807, 2.05) is 30.3 Å². The molecule has 1 aromatic carbocycles. The molecular formula is C15H23N3O. The minimum absolute atomic E-state index is 0.107. The van der Waals surface area contributed by atoms with E-state index in [2.05, 4.69) is 10.3 Å². The maximum Gasteiger partial charge on any atom is 0.258 e. The molecule has 2 rings (SSSR count). The molecule has 1 aromatic rings. The number of rotatable bonds is 4. The lowest BCUT2D eigenvalue weighted by Gasteiger charge is -2.35. The first-order chi connectivity index (χ1) is 9.24. The van der Waals surface area contributed by atoms with Crippen LogP contribution in [-0.4, -0.2) is 43.0 Å². The summed E-state index contributed by atoms with van der Waals surface area (Å²) >= 11 is 0. The molecule has 104 valence electrons. The van der Waals surface area contributed by atoms with Crippen molar-refractivity contribution in [3.05, 3.63) is 35.9 Å². The zero-order chi connectivity index (χ0) is 13.7. The molecule has 4 heteroatoms. The molecule has 0 aromatic heterocycles. The Morgan fingerprint density at radius 3 is 2.42 bits per heavy atom. The van der Waals surface area contributed by atoms with Crippen LogP contribution in [0.4, 0.5) is 0 Å². The average Bonchev–Trinajstić information content (AvgIpc) is 2.49. The van der Waals surface area contributed by atoms with Gasteiger partial charge in [-0.15, -0.1) is 0 Å². The zero-order valence-corrected chi connectivity index (χ0v) is 11.8. The van der Waals surface area contributed by atoms with Crippen molar-refractivity contribution in [2.45, 2.75) is 25.3 Å². The Morgan fingerprint density at radius 2 is 1.84 bits per heavy atom. The molecular weight excluding hydrogens is 238 g/mol. The second kappa shape index (κ2) is 6.68. The fourth-order valence-corrected chi connectivity index (χ4v) is 2.62. The number of hydrogen-bond acceptors (Lipinski definition) is 3. The molecule has 0 bridgehead atoms. The van der Waals surface area contributed by atoms with E-state index in [0.29, 0.717) is 0 Å². The average molecular weight is 261 g/mol. The van der Waals surface area contributed by atoms with Gasteiger partial charge in [-0.2, -0.15) is 0 Å². The summed E-state index contributed by atoms with van der Waals surface area (Å²) < 4.78 is 0. The van der Waals surface area contributed by atoms with E-state index in [4.69, 9.17) is 0 Å². The molecule has 1 aliphatic heterocycles. The molecule has 0 aliphatic carbocycles. The van der Waals surface area contributed by atoms with E-state index in [-0.39, 0.29) is 11.9 Å². The predicted molar refractivity (Wildman–Crippen MR) is 76.4 cm³/mol. The molecule has 19 heavy (non-hydrogen) atoms. The summed E-state index contributed by atoms with van der Waals surface area (Å²) in [6.45, 7) is 2.01. The highest BCUT2D eigenvalue weighted by atomic mass is 16.2. The number of nitrogens with zero attached hydrogens (tertiary/aromatic N) is 2. The fraction of sp³-hybridized carbons (Fsp3) is 0.533. The van der Waals surface area contributed by atoms with Gasteiger partial charge in [0, 0.05) is 14.1 Å². The molecule has 0 spiro atoms. The Balaban J connectivity index is 2.24.